The number of rotatable bonds is 5. The lowest BCUT2D eigenvalue weighted by molar-refractivity contribution is -0.119. The minimum Gasteiger partial charge on any atom is -0.353 e. The van der Waals surface area contributed by atoms with Crippen molar-refractivity contribution in [3.8, 4) is 11.4 Å². The minimum atomic E-state index is 0.0583. The van der Waals surface area contributed by atoms with Gasteiger partial charge >= 0.3 is 0 Å². The average Bonchev–Trinajstić information content (AvgIpc) is 3.33. The average molecular weight is 404 g/mol. The van der Waals surface area contributed by atoms with Gasteiger partial charge in [0.25, 0.3) is 0 Å². The van der Waals surface area contributed by atoms with Crippen LogP contribution in [0.15, 0.2) is 22.1 Å². The molecular formula is C17H21N7OS2. The first kappa shape index (κ1) is 18.2. The van der Waals surface area contributed by atoms with Gasteiger partial charge in [-0.1, -0.05) is 11.8 Å². The zero-order valence-corrected chi connectivity index (χ0v) is 16.9. The van der Waals surface area contributed by atoms with Crippen LogP contribution < -0.4 is 5.32 Å². The van der Waals surface area contributed by atoms with Crippen molar-refractivity contribution >= 4 is 29.0 Å². The maximum Gasteiger partial charge on any atom is 0.230 e. The first-order valence-corrected chi connectivity index (χ1v) is 10.7. The Labute approximate surface area is 165 Å². The number of nitrogens with one attached hydrogen (secondary N) is 1. The van der Waals surface area contributed by atoms with Crippen LogP contribution in [0, 0.1) is 6.92 Å². The Morgan fingerprint density at radius 3 is 3.04 bits per heavy atom. The van der Waals surface area contributed by atoms with Gasteiger partial charge in [0.1, 0.15) is 5.82 Å². The Bertz CT molecular complexity index is 945. The maximum atomic E-state index is 12.3. The summed E-state index contributed by atoms with van der Waals surface area (Å²) in [4.78, 5) is 16.7. The predicted octanol–water partition coefficient (Wildman–Crippen LogP) is 2.06. The summed E-state index contributed by atoms with van der Waals surface area (Å²) < 4.78 is 4.85. The molecule has 0 radical (unpaired) electrons. The van der Waals surface area contributed by atoms with Crippen molar-refractivity contribution in [3.63, 3.8) is 0 Å². The number of hydrogen-bond donors (Lipinski definition) is 1. The minimum absolute atomic E-state index is 0.0583. The molecular weight excluding hydrogens is 382 g/mol. The van der Waals surface area contributed by atoms with Gasteiger partial charge in [0, 0.05) is 43.3 Å². The Morgan fingerprint density at radius 2 is 2.30 bits per heavy atom. The second-order valence-electron chi connectivity index (χ2n) is 6.63. The van der Waals surface area contributed by atoms with Crippen molar-refractivity contribution in [2.75, 3.05) is 5.75 Å². The summed E-state index contributed by atoms with van der Waals surface area (Å²) in [7, 11) is 1.89. The standard InChI is InChI=1S/C17H21N7OS2/c1-11-9-26-17(19-11)27-10-15(25)20-13-3-4-14-21-22-16(24(14)6-5-13)12-7-18-23(2)8-12/h7-9,13H,3-6,10H2,1-2H3,(H,20,25). The van der Waals surface area contributed by atoms with Gasteiger partial charge in [0.05, 0.1) is 17.5 Å². The number of fused-ring (bicyclic) bond motifs is 1. The molecule has 4 heterocycles. The lowest BCUT2D eigenvalue weighted by Gasteiger charge is -2.15. The van der Waals surface area contributed by atoms with E-state index in [1.165, 1.54) is 11.8 Å². The van der Waals surface area contributed by atoms with E-state index in [2.05, 4.69) is 30.2 Å². The third-order valence-corrected chi connectivity index (χ3v) is 6.64. The van der Waals surface area contributed by atoms with Crippen LogP contribution in [0.5, 0.6) is 0 Å². The maximum absolute atomic E-state index is 12.3. The van der Waals surface area contributed by atoms with Crippen molar-refractivity contribution in [1.82, 2.24) is 34.8 Å². The molecule has 0 aliphatic carbocycles. The van der Waals surface area contributed by atoms with Crippen LogP contribution in [-0.2, 0) is 24.8 Å². The van der Waals surface area contributed by atoms with E-state index >= 15 is 0 Å². The fourth-order valence-corrected chi connectivity index (χ4v) is 4.84. The number of thiazole rings is 1. The molecule has 4 rings (SSSR count). The summed E-state index contributed by atoms with van der Waals surface area (Å²) in [5.74, 6) is 2.28. The third-order valence-electron chi connectivity index (χ3n) is 4.50. The molecule has 1 N–H and O–H groups in total. The molecule has 0 spiro atoms. The first-order chi connectivity index (χ1) is 13.1. The van der Waals surface area contributed by atoms with E-state index in [1.807, 2.05) is 25.5 Å². The van der Waals surface area contributed by atoms with Gasteiger partial charge in [-0.05, 0) is 19.8 Å². The van der Waals surface area contributed by atoms with Crippen LogP contribution in [0.25, 0.3) is 11.4 Å². The second kappa shape index (κ2) is 7.81. The summed E-state index contributed by atoms with van der Waals surface area (Å²) >= 11 is 3.07. The molecule has 1 aliphatic rings. The summed E-state index contributed by atoms with van der Waals surface area (Å²) in [5, 5.41) is 18.1. The largest absolute Gasteiger partial charge is 0.353 e. The van der Waals surface area contributed by atoms with E-state index in [0.29, 0.717) is 5.75 Å². The van der Waals surface area contributed by atoms with E-state index in [-0.39, 0.29) is 11.9 Å². The van der Waals surface area contributed by atoms with Crippen molar-refractivity contribution in [1.29, 1.82) is 0 Å². The van der Waals surface area contributed by atoms with Gasteiger partial charge in [-0.25, -0.2) is 4.98 Å². The van der Waals surface area contributed by atoms with Gasteiger partial charge in [-0.2, -0.15) is 5.10 Å². The van der Waals surface area contributed by atoms with Gasteiger partial charge < -0.3 is 9.88 Å². The van der Waals surface area contributed by atoms with Crippen molar-refractivity contribution < 1.29 is 4.79 Å². The fraction of sp³-hybridized carbons (Fsp3) is 0.471. The van der Waals surface area contributed by atoms with Crippen LogP contribution >= 0.6 is 23.1 Å². The molecule has 0 saturated heterocycles. The summed E-state index contributed by atoms with van der Waals surface area (Å²) in [6.45, 7) is 2.75. The van der Waals surface area contributed by atoms with Crippen LogP contribution in [0.1, 0.15) is 24.4 Å². The number of thioether (sulfide) groups is 1. The molecule has 0 saturated carbocycles. The highest BCUT2D eigenvalue weighted by molar-refractivity contribution is 8.01. The molecule has 0 bridgehead atoms. The van der Waals surface area contributed by atoms with Gasteiger partial charge in [-0.15, -0.1) is 21.5 Å². The number of nitrogens with zero attached hydrogens (tertiary/aromatic N) is 6. The predicted molar refractivity (Wildman–Crippen MR) is 105 cm³/mol. The highest BCUT2D eigenvalue weighted by Crippen LogP contribution is 2.24. The van der Waals surface area contributed by atoms with Crippen LogP contribution in [0.2, 0.25) is 0 Å². The lowest BCUT2D eigenvalue weighted by atomic mass is 10.1. The van der Waals surface area contributed by atoms with Crippen molar-refractivity contribution in [3.05, 3.63) is 29.3 Å². The number of hydrogen-bond acceptors (Lipinski definition) is 7. The Kier molecular flexibility index (Phi) is 5.26. The Morgan fingerprint density at radius 1 is 1.41 bits per heavy atom. The van der Waals surface area contributed by atoms with Crippen molar-refractivity contribution in [2.45, 2.75) is 43.1 Å². The molecule has 10 heteroatoms. The smallest absolute Gasteiger partial charge is 0.230 e. The number of aryl methyl sites for hydroxylation is 3. The molecule has 8 nitrogen and oxygen atoms in total. The molecule has 1 atom stereocenters. The van der Waals surface area contributed by atoms with E-state index in [0.717, 1.165) is 53.1 Å². The van der Waals surface area contributed by atoms with E-state index in [9.17, 15) is 4.79 Å². The molecule has 0 fully saturated rings. The number of carbonyl (C=O) groups excluding carboxylic acids is 1. The summed E-state index contributed by atoms with van der Waals surface area (Å²) in [5.41, 5.74) is 1.97. The molecule has 1 aliphatic heterocycles. The Hall–Kier alpha value is -2.20. The zero-order valence-electron chi connectivity index (χ0n) is 15.3. The van der Waals surface area contributed by atoms with Crippen LogP contribution in [0.3, 0.4) is 0 Å². The highest BCUT2D eigenvalue weighted by atomic mass is 32.2. The molecule has 3 aromatic rings. The van der Waals surface area contributed by atoms with Gasteiger partial charge in [0.2, 0.25) is 5.91 Å². The molecule has 3 aromatic heterocycles. The quantitative estimate of drug-likeness (QED) is 0.656. The molecule has 27 heavy (non-hydrogen) atoms. The van der Waals surface area contributed by atoms with Crippen molar-refractivity contribution in [2.24, 2.45) is 7.05 Å². The van der Waals surface area contributed by atoms with Crippen LogP contribution in [0.4, 0.5) is 0 Å². The first-order valence-electron chi connectivity index (χ1n) is 8.84. The topological polar surface area (TPSA) is 90.5 Å². The molecule has 1 amide bonds. The zero-order chi connectivity index (χ0) is 18.8. The number of amides is 1. The van der Waals surface area contributed by atoms with E-state index < -0.39 is 0 Å². The third kappa shape index (κ3) is 4.22. The number of carbonyl (C=O) groups is 1. The van der Waals surface area contributed by atoms with Gasteiger partial charge in [0.15, 0.2) is 10.2 Å². The van der Waals surface area contributed by atoms with Gasteiger partial charge in [-0.3, -0.25) is 9.48 Å². The molecule has 1 unspecified atom stereocenters. The van der Waals surface area contributed by atoms with E-state index in [1.54, 1.807) is 22.2 Å². The lowest BCUT2D eigenvalue weighted by Crippen LogP contribution is -2.36. The normalized spacial score (nSPS) is 16.7. The second-order valence-corrected chi connectivity index (χ2v) is 8.71. The van der Waals surface area contributed by atoms with Crippen LogP contribution in [-0.4, -0.2) is 47.2 Å². The SMILES string of the molecule is Cc1csc(SCC(=O)NC2CCc3nnc(-c4cnn(C)c4)n3CC2)n1. The molecule has 142 valence electrons. The Balaban J connectivity index is 1.34. The summed E-state index contributed by atoms with van der Waals surface area (Å²) in [6, 6.07) is 0.152. The monoisotopic (exact) mass is 403 g/mol. The number of aromatic nitrogens is 6. The van der Waals surface area contributed by atoms with E-state index in [4.69, 9.17) is 0 Å². The summed E-state index contributed by atoms with van der Waals surface area (Å²) in [6.07, 6.45) is 6.29. The fourth-order valence-electron chi connectivity index (χ4n) is 3.18. The molecule has 0 aromatic carbocycles. The highest BCUT2D eigenvalue weighted by Gasteiger charge is 2.22.